The molecule has 0 spiro atoms. The molecule has 0 N–H and O–H groups in total. The van der Waals surface area contributed by atoms with Crippen molar-refractivity contribution in [2.75, 3.05) is 0 Å². The molecule has 2 heterocycles. The van der Waals surface area contributed by atoms with E-state index in [-0.39, 0.29) is 16.7 Å². The zero-order chi connectivity index (χ0) is 40.5. The molecule has 57 heavy (non-hydrogen) atoms. The van der Waals surface area contributed by atoms with Crippen LogP contribution in [0.25, 0.3) is 71.7 Å². The average molecular weight is 777 g/mol. The van der Waals surface area contributed by atoms with Crippen LogP contribution in [0.4, 0.5) is 35.1 Å². The Labute approximate surface area is 321 Å². The minimum absolute atomic E-state index is 0.101. The summed E-state index contributed by atoms with van der Waals surface area (Å²) in [5.74, 6) is -11.4. The number of alkyl halides is 3. The molecule has 6 aromatic carbocycles. The van der Waals surface area contributed by atoms with Crippen molar-refractivity contribution in [2.45, 2.75) is 46.2 Å². The predicted octanol–water partition coefficient (Wildman–Crippen LogP) is 14.2. The number of benzene rings is 6. The van der Waals surface area contributed by atoms with Gasteiger partial charge in [0, 0.05) is 38.2 Å². The van der Waals surface area contributed by atoms with Crippen LogP contribution in [-0.2, 0) is 11.6 Å². The van der Waals surface area contributed by atoms with Crippen molar-refractivity contribution in [2.24, 2.45) is 0 Å². The summed E-state index contributed by atoms with van der Waals surface area (Å²) in [6, 6.07) is 26.3. The first-order chi connectivity index (χ1) is 27.1. The highest BCUT2D eigenvalue weighted by Gasteiger charge is 2.37. The van der Waals surface area contributed by atoms with Gasteiger partial charge in [0.05, 0.1) is 38.9 Å². The standard InChI is InChI=1S/C47H32F8N2/c1-6-11-27-24(3)46(4,5)34-22-38-32(21-30(27)34)29-13-7-9-14-35(29)56(38)26-16-17-37-31(20-26)28-12-8-10-15-36(28)57(37)45-23(2)18-25(47(53,54)55)19-33(45)39-40(48)42(50)44(52)43(51)41(39)49/h6-22H,1-5H3/b11-6-. The fraction of sp³-hybridized carbons (Fsp3) is 0.149. The Morgan fingerprint density at radius 2 is 1.14 bits per heavy atom. The second kappa shape index (κ2) is 12.4. The number of halogens is 8. The lowest BCUT2D eigenvalue weighted by Gasteiger charge is -2.22. The van der Waals surface area contributed by atoms with Crippen molar-refractivity contribution in [1.29, 1.82) is 0 Å². The van der Waals surface area contributed by atoms with Crippen LogP contribution in [0, 0.1) is 36.0 Å². The monoisotopic (exact) mass is 776 g/mol. The quantitative estimate of drug-likeness (QED) is 0.0957. The highest BCUT2D eigenvalue weighted by Crippen LogP contribution is 2.50. The van der Waals surface area contributed by atoms with Crippen molar-refractivity contribution in [3.8, 4) is 22.5 Å². The van der Waals surface area contributed by atoms with E-state index in [2.05, 4.69) is 49.6 Å². The number of aromatic nitrogens is 2. The van der Waals surface area contributed by atoms with E-state index in [0.29, 0.717) is 27.9 Å². The van der Waals surface area contributed by atoms with Crippen molar-refractivity contribution >= 4 is 49.2 Å². The predicted molar refractivity (Wildman–Crippen MR) is 211 cm³/mol. The van der Waals surface area contributed by atoms with E-state index in [0.717, 1.165) is 33.6 Å². The zero-order valence-corrected chi connectivity index (χ0v) is 31.2. The lowest BCUT2D eigenvalue weighted by Crippen LogP contribution is -2.15. The molecule has 0 saturated heterocycles. The molecule has 1 aliphatic carbocycles. The molecule has 0 aliphatic heterocycles. The minimum atomic E-state index is -5.00. The summed E-state index contributed by atoms with van der Waals surface area (Å²) in [7, 11) is 0. The van der Waals surface area contributed by atoms with Gasteiger partial charge in [0.2, 0.25) is 5.82 Å². The molecule has 0 fully saturated rings. The molecule has 2 aromatic heterocycles. The van der Waals surface area contributed by atoms with Crippen LogP contribution in [0.5, 0.6) is 0 Å². The largest absolute Gasteiger partial charge is 0.416 e. The molecule has 9 rings (SSSR count). The first-order valence-corrected chi connectivity index (χ1v) is 18.3. The van der Waals surface area contributed by atoms with E-state index in [9.17, 15) is 26.3 Å². The first kappa shape index (κ1) is 36.5. The molecule has 286 valence electrons. The van der Waals surface area contributed by atoms with E-state index in [1.165, 1.54) is 33.8 Å². The minimum Gasteiger partial charge on any atom is -0.309 e. The number of hydrogen-bond donors (Lipinski definition) is 0. The normalized spacial score (nSPS) is 14.4. The Kier molecular flexibility index (Phi) is 7.95. The van der Waals surface area contributed by atoms with Gasteiger partial charge in [0.15, 0.2) is 23.3 Å². The van der Waals surface area contributed by atoms with Crippen LogP contribution in [0.15, 0.2) is 109 Å². The van der Waals surface area contributed by atoms with Gasteiger partial charge in [0.25, 0.3) is 0 Å². The first-order valence-electron chi connectivity index (χ1n) is 18.3. The second-order valence-electron chi connectivity index (χ2n) is 15.1. The van der Waals surface area contributed by atoms with Crippen LogP contribution in [0.3, 0.4) is 0 Å². The third-order valence-corrected chi connectivity index (χ3v) is 11.7. The Hall–Kier alpha value is -6.16. The number of nitrogens with zero attached hydrogens (tertiary/aromatic N) is 2. The molecular formula is C47H32F8N2. The summed E-state index contributed by atoms with van der Waals surface area (Å²) in [6.45, 7) is 9.89. The van der Waals surface area contributed by atoms with Gasteiger partial charge >= 0.3 is 6.18 Å². The lowest BCUT2D eigenvalue weighted by molar-refractivity contribution is -0.137. The highest BCUT2D eigenvalue weighted by atomic mass is 19.4. The maximum atomic E-state index is 15.6. The second-order valence-corrected chi connectivity index (χ2v) is 15.1. The van der Waals surface area contributed by atoms with Gasteiger partial charge in [-0.3, -0.25) is 0 Å². The Balaban J connectivity index is 1.36. The lowest BCUT2D eigenvalue weighted by atomic mass is 9.81. The van der Waals surface area contributed by atoms with Crippen molar-refractivity contribution in [3.05, 3.63) is 160 Å². The summed E-state index contributed by atoms with van der Waals surface area (Å²) in [6.07, 6.45) is -0.812. The van der Waals surface area contributed by atoms with E-state index < -0.39 is 52.0 Å². The molecular weight excluding hydrogens is 745 g/mol. The molecule has 0 atom stereocenters. The van der Waals surface area contributed by atoms with Gasteiger partial charge in [-0.1, -0.05) is 68.0 Å². The van der Waals surface area contributed by atoms with Crippen LogP contribution < -0.4 is 0 Å². The molecule has 0 bridgehead atoms. The third-order valence-electron chi connectivity index (χ3n) is 11.7. The number of allylic oxidation sites excluding steroid dienone is 4. The summed E-state index contributed by atoms with van der Waals surface area (Å²) in [5, 5.41) is 3.38. The maximum absolute atomic E-state index is 15.6. The fourth-order valence-corrected chi connectivity index (χ4v) is 8.77. The summed E-state index contributed by atoms with van der Waals surface area (Å²) < 4.78 is 121. The third kappa shape index (κ3) is 5.08. The maximum Gasteiger partial charge on any atom is 0.416 e. The Morgan fingerprint density at radius 1 is 0.579 bits per heavy atom. The number of fused-ring (bicyclic) bond motifs is 7. The van der Waals surface area contributed by atoms with Crippen molar-refractivity contribution in [1.82, 2.24) is 9.13 Å². The summed E-state index contributed by atoms with van der Waals surface area (Å²) >= 11 is 0. The molecule has 0 amide bonds. The van der Waals surface area contributed by atoms with Gasteiger partial charge in [0.1, 0.15) is 0 Å². The van der Waals surface area contributed by atoms with Crippen LogP contribution >= 0.6 is 0 Å². The fourth-order valence-electron chi connectivity index (χ4n) is 8.77. The molecule has 0 radical (unpaired) electrons. The van der Waals surface area contributed by atoms with E-state index in [1.54, 1.807) is 24.3 Å². The van der Waals surface area contributed by atoms with Crippen molar-refractivity contribution < 1.29 is 35.1 Å². The number of rotatable bonds is 4. The number of hydrogen-bond acceptors (Lipinski definition) is 0. The number of para-hydroxylation sites is 2. The molecule has 0 unspecified atom stereocenters. The molecule has 0 saturated carbocycles. The summed E-state index contributed by atoms with van der Waals surface area (Å²) in [4.78, 5) is 0. The molecule has 10 heteroatoms. The van der Waals surface area contributed by atoms with Crippen LogP contribution in [0.1, 0.15) is 49.9 Å². The Bertz CT molecular complexity index is 3090. The Morgan fingerprint density at radius 3 is 1.75 bits per heavy atom. The van der Waals surface area contributed by atoms with E-state index in [1.807, 2.05) is 49.4 Å². The van der Waals surface area contributed by atoms with Crippen LogP contribution in [-0.4, -0.2) is 9.13 Å². The topological polar surface area (TPSA) is 9.86 Å². The van der Waals surface area contributed by atoms with Gasteiger partial charge in [-0.25, -0.2) is 22.0 Å². The average Bonchev–Trinajstić information content (AvgIpc) is 3.75. The molecule has 2 nitrogen and oxygen atoms in total. The van der Waals surface area contributed by atoms with Gasteiger partial charge in [-0.15, -0.1) is 0 Å². The van der Waals surface area contributed by atoms with Crippen LogP contribution in [0.2, 0.25) is 0 Å². The van der Waals surface area contributed by atoms with E-state index >= 15 is 8.78 Å². The SMILES string of the molecule is C/C=C\C1=C(C)C(C)(C)c2cc3c(cc21)c1ccccc1n3-c1ccc2c(c1)c1ccccc1n2-c1c(C)cc(C(F)(F)F)cc1-c1c(F)c(F)c(F)c(F)c1F. The van der Waals surface area contributed by atoms with Gasteiger partial charge in [-0.05, 0) is 97.6 Å². The van der Waals surface area contributed by atoms with Crippen molar-refractivity contribution in [3.63, 3.8) is 0 Å². The van der Waals surface area contributed by atoms with E-state index in [4.69, 9.17) is 0 Å². The highest BCUT2D eigenvalue weighted by molar-refractivity contribution is 6.13. The molecule has 8 aromatic rings. The molecule has 1 aliphatic rings. The van der Waals surface area contributed by atoms with Gasteiger partial charge < -0.3 is 9.13 Å². The smallest absolute Gasteiger partial charge is 0.309 e. The zero-order valence-electron chi connectivity index (χ0n) is 31.2. The van der Waals surface area contributed by atoms with Gasteiger partial charge in [-0.2, -0.15) is 13.2 Å². The summed E-state index contributed by atoms with van der Waals surface area (Å²) in [5.41, 5.74) is 4.27. The number of aryl methyl sites for hydroxylation is 1.